The molecule has 2 aliphatic rings. The van der Waals surface area contributed by atoms with Crippen molar-refractivity contribution in [1.29, 1.82) is 0 Å². The van der Waals surface area contributed by atoms with Gasteiger partial charge in [0.25, 0.3) is 5.91 Å². The Morgan fingerprint density at radius 3 is 2.88 bits per heavy atom. The first-order chi connectivity index (χ1) is 12.4. The van der Waals surface area contributed by atoms with Crippen LogP contribution in [0.25, 0.3) is 0 Å². The first-order valence-corrected chi connectivity index (χ1v) is 10.6. The average molecular weight is 403 g/mol. The molecule has 7 nitrogen and oxygen atoms in total. The zero-order chi connectivity index (χ0) is 18.7. The molecule has 1 fully saturated rings. The minimum atomic E-state index is -3.81. The fourth-order valence-corrected chi connectivity index (χ4v) is 4.84. The van der Waals surface area contributed by atoms with Crippen LogP contribution in [0.2, 0.25) is 5.02 Å². The highest BCUT2D eigenvalue weighted by atomic mass is 35.5. The molecule has 1 aromatic carbocycles. The van der Waals surface area contributed by atoms with Gasteiger partial charge in [-0.25, -0.2) is 13.1 Å². The van der Waals surface area contributed by atoms with Gasteiger partial charge < -0.3 is 14.8 Å². The summed E-state index contributed by atoms with van der Waals surface area (Å²) in [5, 5.41) is 2.61. The van der Waals surface area contributed by atoms with Crippen molar-refractivity contribution in [2.75, 3.05) is 25.1 Å². The summed E-state index contributed by atoms with van der Waals surface area (Å²) in [7, 11) is -3.81. The lowest BCUT2D eigenvalue weighted by Gasteiger charge is -2.28. The van der Waals surface area contributed by atoms with Crippen LogP contribution >= 0.6 is 11.6 Å². The summed E-state index contributed by atoms with van der Waals surface area (Å²) in [6.45, 7) is 2.48. The van der Waals surface area contributed by atoms with Crippen molar-refractivity contribution in [2.45, 2.75) is 43.6 Å². The fraction of sp³-hybridized carbons (Fsp3) is 0.588. The highest BCUT2D eigenvalue weighted by Crippen LogP contribution is 2.35. The number of sulfonamides is 1. The second-order valence-corrected chi connectivity index (χ2v) is 8.83. The van der Waals surface area contributed by atoms with Gasteiger partial charge in [0, 0.05) is 12.6 Å². The number of benzene rings is 1. The van der Waals surface area contributed by atoms with Crippen LogP contribution in [-0.2, 0) is 19.6 Å². The molecule has 144 valence electrons. The quantitative estimate of drug-likeness (QED) is 0.713. The first-order valence-electron chi connectivity index (χ1n) is 8.74. The number of anilines is 1. The number of hydrogen-bond donors (Lipinski definition) is 2. The Morgan fingerprint density at radius 2 is 2.12 bits per heavy atom. The van der Waals surface area contributed by atoms with E-state index in [2.05, 4.69) is 17.0 Å². The van der Waals surface area contributed by atoms with Crippen LogP contribution in [-0.4, -0.2) is 40.2 Å². The third-order valence-corrected chi connectivity index (χ3v) is 6.64. The number of ether oxygens (including phenoxy) is 2. The minimum absolute atomic E-state index is 0.0175. The summed E-state index contributed by atoms with van der Waals surface area (Å²) < 4.78 is 38.6. The van der Waals surface area contributed by atoms with Crippen molar-refractivity contribution in [2.24, 2.45) is 5.92 Å². The smallest absolute Gasteiger partial charge is 0.262 e. The van der Waals surface area contributed by atoms with Crippen molar-refractivity contribution in [3.05, 3.63) is 17.2 Å². The van der Waals surface area contributed by atoms with E-state index in [9.17, 15) is 13.2 Å². The Labute approximate surface area is 158 Å². The maximum absolute atomic E-state index is 12.5. The monoisotopic (exact) mass is 402 g/mol. The van der Waals surface area contributed by atoms with Crippen LogP contribution < -0.4 is 14.8 Å². The fourth-order valence-electron chi connectivity index (χ4n) is 3.28. The highest BCUT2D eigenvalue weighted by Gasteiger charge is 2.25. The number of rotatable bonds is 6. The van der Waals surface area contributed by atoms with Crippen LogP contribution in [0.5, 0.6) is 5.75 Å². The first kappa shape index (κ1) is 19.4. The van der Waals surface area contributed by atoms with Crippen molar-refractivity contribution in [3.63, 3.8) is 0 Å². The molecule has 1 amide bonds. The molecule has 1 saturated carbocycles. The summed E-state index contributed by atoms with van der Waals surface area (Å²) in [5.74, 6) is 0.473. The second kappa shape index (κ2) is 8.12. The molecule has 0 bridgehead atoms. The van der Waals surface area contributed by atoms with E-state index in [1.807, 2.05) is 0 Å². The normalized spacial score (nSPS) is 23.1. The van der Waals surface area contributed by atoms with Gasteiger partial charge in [-0.05, 0) is 24.8 Å². The molecule has 0 radical (unpaired) electrons. The molecular weight excluding hydrogens is 380 g/mol. The van der Waals surface area contributed by atoms with Gasteiger partial charge in [-0.1, -0.05) is 31.4 Å². The van der Waals surface area contributed by atoms with Gasteiger partial charge in [0.2, 0.25) is 10.0 Å². The SMILES string of the molecule is C[C@H]1CCCC[C@@H]1OCCNS(=O)(=O)c1cc2c(cc1Cl)NC(=O)CO2. The van der Waals surface area contributed by atoms with Gasteiger partial charge in [0.05, 0.1) is 23.4 Å². The lowest BCUT2D eigenvalue weighted by Crippen LogP contribution is -2.32. The van der Waals surface area contributed by atoms with Gasteiger partial charge in [0.15, 0.2) is 6.61 Å². The van der Waals surface area contributed by atoms with Crippen LogP contribution in [0.15, 0.2) is 17.0 Å². The number of halogens is 1. The molecule has 0 spiro atoms. The Bertz CT molecular complexity index is 784. The van der Waals surface area contributed by atoms with E-state index in [1.165, 1.54) is 18.6 Å². The summed E-state index contributed by atoms with van der Waals surface area (Å²) in [4.78, 5) is 11.2. The van der Waals surface area contributed by atoms with Crippen molar-refractivity contribution in [3.8, 4) is 5.75 Å². The molecule has 0 aromatic heterocycles. The van der Waals surface area contributed by atoms with Gasteiger partial charge in [-0.15, -0.1) is 0 Å². The predicted molar refractivity (Wildman–Crippen MR) is 98.1 cm³/mol. The Kier molecular flexibility index (Phi) is 6.06. The number of nitrogens with one attached hydrogen (secondary N) is 2. The van der Waals surface area contributed by atoms with Crippen LogP contribution in [0.3, 0.4) is 0 Å². The van der Waals surface area contributed by atoms with E-state index in [4.69, 9.17) is 21.1 Å². The molecule has 3 rings (SSSR count). The van der Waals surface area contributed by atoms with Gasteiger partial charge in [-0.3, -0.25) is 4.79 Å². The molecule has 1 aliphatic carbocycles. The lowest BCUT2D eigenvalue weighted by atomic mass is 9.88. The molecule has 1 aromatic rings. The molecule has 0 unspecified atom stereocenters. The number of fused-ring (bicyclic) bond motifs is 1. The van der Waals surface area contributed by atoms with E-state index in [1.54, 1.807) is 0 Å². The molecule has 2 N–H and O–H groups in total. The van der Waals surface area contributed by atoms with Gasteiger partial charge in [0.1, 0.15) is 10.6 Å². The van der Waals surface area contributed by atoms with Gasteiger partial charge >= 0.3 is 0 Å². The van der Waals surface area contributed by atoms with Gasteiger partial charge in [-0.2, -0.15) is 0 Å². The molecule has 1 aliphatic heterocycles. The maximum Gasteiger partial charge on any atom is 0.262 e. The standard InChI is InChI=1S/C17H23ClN2O5S/c1-11-4-2-3-5-14(11)24-7-6-19-26(22,23)16-9-15-13(8-12(16)18)20-17(21)10-25-15/h8-9,11,14,19H,2-7,10H2,1H3,(H,20,21)/t11-,14-/m0/s1. The van der Waals surface area contributed by atoms with E-state index >= 15 is 0 Å². The highest BCUT2D eigenvalue weighted by molar-refractivity contribution is 7.89. The molecular formula is C17H23ClN2O5S. The Balaban J connectivity index is 1.60. The lowest BCUT2D eigenvalue weighted by molar-refractivity contribution is -0.118. The third-order valence-electron chi connectivity index (χ3n) is 4.72. The summed E-state index contributed by atoms with van der Waals surface area (Å²) in [6, 6.07) is 2.70. The van der Waals surface area contributed by atoms with E-state index in [-0.39, 0.29) is 40.8 Å². The van der Waals surface area contributed by atoms with Crippen molar-refractivity contribution in [1.82, 2.24) is 4.72 Å². The maximum atomic E-state index is 12.5. The largest absolute Gasteiger partial charge is 0.482 e. The van der Waals surface area contributed by atoms with Crippen molar-refractivity contribution >= 4 is 33.2 Å². The average Bonchev–Trinajstić information content (AvgIpc) is 2.59. The molecule has 0 saturated heterocycles. The third kappa shape index (κ3) is 4.49. The van der Waals surface area contributed by atoms with E-state index in [0.717, 1.165) is 19.3 Å². The van der Waals surface area contributed by atoms with Crippen molar-refractivity contribution < 1.29 is 22.7 Å². The molecule has 9 heteroatoms. The Morgan fingerprint density at radius 1 is 1.35 bits per heavy atom. The summed E-state index contributed by atoms with van der Waals surface area (Å²) >= 11 is 6.09. The zero-order valence-corrected chi connectivity index (χ0v) is 16.2. The molecule has 2 atom stereocenters. The molecule has 26 heavy (non-hydrogen) atoms. The second-order valence-electron chi connectivity index (χ2n) is 6.68. The molecule has 1 heterocycles. The summed E-state index contributed by atoms with van der Waals surface area (Å²) in [6.07, 6.45) is 4.75. The number of hydrogen-bond acceptors (Lipinski definition) is 5. The number of carbonyl (C=O) groups excluding carboxylic acids is 1. The van der Waals surface area contributed by atoms with Crippen LogP contribution in [0.1, 0.15) is 32.6 Å². The topological polar surface area (TPSA) is 93.7 Å². The Hall–Kier alpha value is -1.35. The van der Waals surface area contributed by atoms with E-state index in [0.29, 0.717) is 18.2 Å². The number of carbonyl (C=O) groups is 1. The predicted octanol–water partition coefficient (Wildman–Crippen LogP) is 2.54. The minimum Gasteiger partial charge on any atom is -0.482 e. The van der Waals surface area contributed by atoms with E-state index < -0.39 is 10.0 Å². The number of amides is 1. The summed E-state index contributed by atoms with van der Waals surface area (Å²) in [5.41, 5.74) is 0.361. The van der Waals surface area contributed by atoms with Crippen LogP contribution in [0, 0.1) is 5.92 Å². The zero-order valence-electron chi connectivity index (χ0n) is 14.6. The van der Waals surface area contributed by atoms with Crippen LogP contribution in [0.4, 0.5) is 5.69 Å².